The zero-order chi connectivity index (χ0) is 14.1. The molecule has 1 aromatic carbocycles. The standard InChI is InChI=1S/C16H15N3O/c1-11-5-3-6-13(12(11)2)18-16(20)14-7-4-8-15-17-9-10-19(14)15/h3-10H,1-2H3,(H,18,20). The average Bonchev–Trinajstić information content (AvgIpc) is 2.92. The van der Waals surface area contributed by atoms with Gasteiger partial charge in [-0.05, 0) is 43.2 Å². The summed E-state index contributed by atoms with van der Waals surface area (Å²) in [4.78, 5) is 16.6. The number of hydrogen-bond acceptors (Lipinski definition) is 2. The second-order valence-corrected chi connectivity index (χ2v) is 4.77. The van der Waals surface area contributed by atoms with Crippen LogP contribution >= 0.6 is 0 Å². The molecular formula is C16H15N3O. The lowest BCUT2D eigenvalue weighted by Gasteiger charge is -2.11. The van der Waals surface area contributed by atoms with Gasteiger partial charge in [0.15, 0.2) is 0 Å². The highest BCUT2D eigenvalue weighted by atomic mass is 16.1. The van der Waals surface area contributed by atoms with Crippen molar-refractivity contribution in [1.82, 2.24) is 9.38 Å². The monoisotopic (exact) mass is 265 g/mol. The Morgan fingerprint density at radius 1 is 1.15 bits per heavy atom. The number of nitrogens with one attached hydrogen (secondary N) is 1. The smallest absolute Gasteiger partial charge is 0.272 e. The predicted molar refractivity (Wildman–Crippen MR) is 79.1 cm³/mol. The topological polar surface area (TPSA) is 46.4 Å². The number of carbonyl (C=O) groups is 1. The lowest BCUT2D eigenvalue weighted by Crippen LogP contribution is -2.16. The Labute approximate surface area is 117 Å². The Kier molecular flexibility index (Phi) is 2.99. The Balaban J connectivity index is 1.97. The Morgan fingerprint density at radius 3 is 2.80 bits per heavy atom. The molecule has 4 nitrogen and oxygen atoms in total. The van der Waals surface area contributed by atoms with Gasteiger partial charge in [-0.1, -0.05) is 18.2 Å². The van der Waals surface area contributed by atoms with E-state index in [4.69, 9.17) is 0 Å². The highest BCUT2D eigenvalue weighted by Gasteiger charge is 2.11. The highest BCUT2D eigenvalue weighted by molar-refractivity contribution is 6.03. The van der Waals surface area contributed by atoms with Crippen LogP contribution in [0.25, 0.3) is 5.65 Å². The maximum absolute atomic E-state index is 12.4. The molecule has 1 amide bonds. The van der Waals surface area contributed by atoms with Crippen LogP contribution in [0.4, 0.5) is 5.69 Å². The van der Waals surface area contributed by atoms with Gasteiger partial charge in [0.25, 0.3) is 5.91 Å². The number of anilines is 1. The molecule has 0 spiro atoms. The SMILES string of the molecule is Cc1cccc(NC(=O)c2cccc3nccn23)c1C. The summed E-state index contributed by atoms with van der Waals surface area (Å²) in [5.41, 5.74) is 4.41. The minimum absolute atomic E-state index is 0.137. The average molecular weight is 265 g/mol. The number of amides is 1. The molecule has 0 aliphatic carbocycles. The second-order valence-electron chi connectivity index (χ2n) is 4.77. The highest BCUT2D eigenvalue weighted by Crippen LogP contribution is 2.19. The fourth-order valence-corrected chi connectivity index (χ4v) is 2.21. The molecule has 0 fully saturated rings. The predicted octanol–water partition coefficient (Wildman–Crippen LogP) is 3.20. The maximum Gasteiger partial charge on any atom is 0.272 e. The third-order valence-electron chi connectivity index (χ3n) is 3.51. The fourth-order valence-electron chi connectivity index (χ4n) is 2.21. The molecule has 0 saturated heterocycles. The summed E-state index contributed by atoms with van der Waals surface area (Å²) < 4.78 is 1.78. The van der Waals surface area contributed by atoms with Gasteiger partial charge in [-0.2, -0.15) is 0 Å². The molecule has 0 aliphatic rings. The molecule has 3 aromatic rings. The van der Waals surface area contributed by atoms with Crippen molar-refractivity contribution in [1.29, 1.82) is 0 Å². The Bertz CT molecular complexity index is 789. The van der Waals surface area contributed by atoms with Crippen LogP contribution in [0.1, 0.15) is 21.6 Å². The van der Waals surface area contributed by atoms with E-state index in [9.17, 15) is 4.79 Å². The lowest BCUT2D eigenvalue weighted by atomic mass is 10.1. The van der Waals surface area contributed by atoms with Crippen LogP contribution in [0.3, 0.4) is 0 Å². The van der Waals surface area contributed by atoms with Gasteiger partial charge < -0.3 is 5.32 Å². The number of rotatable bonds is 2. The van der Waals surface area contributed by atoms with Gasteiger partial charge in [0, 0.05) is 18.1 Å². The molecule has 2 aromatic heterocycles. The van der Waals surface area contributed by atoms with E-state index in [1.807, 2.05) is 44.2 Å². The first-order chi connectivity index (χ1) is 9.66. The molecule has 0 radical (unpaired) electrons. The molecule has 4 heteroatoms. The van der Waals surface area contributed by atoms with Crippen molar-refractivity contribution >= 4 is 17.2 Å². The van der Waals surface area contributed by atoms with E-state index in [-0.39, 0.29) is 5.91 Å². The normalized spacial score (nSPS) is 10.7. The number of fused-ring (bicyclic) bond motifs is 1. The van der Waals surface area contributed by atoms with E-state index < -0.39 is 0 Å². The number of pyridine rings is 1. The number of imidazole rings is 1. The first-order valence-electron chi connectivity index (χ1n) is 6.46. The summed E-state index contributed by atoms with van der Waals surface area (Å²) in [5, 5.41) is 2.96. The number of benzene rings is 1. The van der Waals surface area contributed by atoms with Gasteiger partial charge in [-0.25, -0.2) is 4.98 Å². The van der Waals surface area contributed by atoms with Gasteiger partial charge in [0.2, 0.25) is 0 Å². The second kappa shape index (κ2) is 4.81. The fraction of sp³-hybridized carbons (Fsp3) is 0.125. The largest absolute Gasteiger partial charge is 0.320 e. The third-order valence-corrected chi connectivity index (χ3v) is 3.51. The number of carbonyl (C=O) groups excluding carboxylic acids is 1. The summed E-state index contributed by atoms with van der Waals surface area (Å²) in [5.74, 6) is -0.137. The van der Waals surface area contributed by atoms with Crippen molar-refractivity contribution in [3.8, 4) is 0 Å². The van der Waals surface area contributed by atoms with Crippen LogP contribution in [0.15, 0.2) is 48.8 Å². The first kappa shape index (κ1) is 12.4. The molecule has 0 aliphatic heterocycles. The minimum Gasteiger partial charge on any atom is -0.320 e. The van der Waals surface area contributed by atoms with Crippen LogP contribution < -0.4 is 5.32 Å². The molecule has 20 heavy (non-hydrogen) atoms. The van der Waals surface area contributed by atoms with Crippen LogP contribution in [0, 0.1) is 13.8 Å². The summed E-state index contributed by atoms with van der Waals surface area (Å²) in [6.07, 6.45) is 3.47. The van der Waals surface area contributed by atoms with Gasteiger partial charge in [-0.3, -0.25) is 9.20 Å². The molecule has 1 N–H and O–H groups in total. The van der Waals surface area contributed by atoms with E-state index in [2.05, 4.69) is 10.3 Å². The van der Waals surface area contributed by atoms with Crippen LogP contribution in [0.2, 0.25) is 0 Å². The van der Waals surface area contributed by atoms with Gasteiger partial charge in [0.05, 0.1) is 0 Å². The summed E-state index contributed by atoms with van der Waals surface area (Å²) in [6, 6.07) is 11.4. The summed E-state index contributed by atoms with van der Waals surface area (Å²) >= 11 is 0. The summed E-state index contributed by atoms with van der Waals surface area (Å²) in [6.45, 7) is 4.03. The molecule has 0 saturated carbocycles. The van der Waals surface area contributed by atoms with Crippen LogP contribution in [-0.4, -0.2) is 15.3 Å². The van der Waals surface area contributed by atoms with Crippen molar-refractivity contribution in [2.45, 2.75) is 13.8 Å². The van der Waals surface area contributed by atoms with E-state index in [0.717, 1.165) is 22.5 Å². The van der Waals surface area contributed by atoms with Crippen molar-refractivity contribution in [3.63, 3.8) is 0 Å². The molecule has 100 valence electrons. The molecule has 0 bridgehead atoms. The molecule has 0 atom stereocenters. The maximum atomic E-state index is 12.4. The number of aryl methyl sites for hydroxylation is 1. The molecular weight excluding hydrogens is 250 g/mol. The van der Waals surface area contributed by atoms with Crippen molar-refractivity contribution in [3.05, 3.63) is 65.6 Å². The minimum atomic E-state index is -0.137. The number of hydrogen-bond donors (Lipinski definition) is 1. The quantitative estimate of drug-likeness (QED) is 0.773. The van der Waals surface area contributed by atoms with Crippen molar-refractivity contribution in [2.24, 2.45) is 0 Å². The van der Waals surface area contributed by atoms with Crippen molar-refractivity contribution < 1.29 is 4.79 Å². The Morgan fingerprint density at radius 2 is 1.95 bits per heavy atom. The first-order valence-corrected chi connectivity index (χ1v) is 6.46. The summed E-state index contributed by atoms with van der Waals surface area (Å²) in [7, 11) is 0. The van der Waals surface area contributed by atoms with E-state index in [1.54, 1.807) is 22.9 Å². The number of nitrogens with zero attached hydrogens (tertiary/aromatic N) is 2. The van der Waals surface area contributed by atoms with E-state index >= 15 is 0 Å². The molecule has 0 unspecified atom stereocenters. The molecule has 3 rings (SSSR count). The third kappa shape index (κ3) is 2.05. The van der Waals surface area contributed by atoms with Gasteiger partial charge in [-0.15, -0.1) is 0 Å². The van der Waals surface area contributed by atoms with E-state index in [1.165, 1.54) is 0 Å². The van der Waals surface area contributed by atoms with Crippen LogP contribution in [0.5, 0.6) is 0 Å². The van der Waals surface area contributed by atoms with Gasteiger partial charge in [0.1, 0.15) is 11.3 Å². The van der Waals surface area contributed by atoms with Gasteiger partial charge >= 0.3 is 0 Å². The van der Waals surface area contributed by atoms with Crippen LogP contribution in [-0.2, 0) is 0 Å². The zero-order valence-electron chi connectivity index (χ0n) is 11.4. The molecule has 2 heterocycles. The lowest BCUT2D eigenvalue weighted by molar-refractivity contribution is 0.102. The van der Waals surface area contributed by atoms with E-state index in [0.29, 0.717) is 5.69 Å². The number of aromatic nitrogens is 2. The van der Waals surface area contributed by atoms with Crippen molar-refractivity contribution in [2.75, 3.05) is 5.32 Å². The Hall–Kier alpha value is -2.62. The zero-order valence-corrected chi connectivity index (χ0v) is 11.4.